The molecule has 0 radical (unpaired) electrons. The number of hydrogen-bond donors (Lipinski definition) is 0. The molecule has 0 N–H and O–H groups in total. The highest BCUT2D eigenvalue weighted by Crippen LogP contribution is 2.50. The Morgan fingerprint density at radius 3 is 2.40 bits per heavy atom. The van der Waals surface area contributed by atoms with Gasteiger partial charge in [0, 0.05) is 23.0 Å². The molecule has 3 fully saturated rings. The predicted molar refractivity (Wildman–Crippen MR) is 67.4 cm³/mol. The van der Waals surface area contributed by atoms with E-state index in [1.54, 1.807) is 0 Å². The second-order valence-electron chi connectivity index (χ2n) is 6.35. The molecule has 15 heavy (non-hydrogen) atoms. The van der Waals surface area contributed by atoms with Crippen LogP contribution in [-0.2, 0) is 0 Å². The average Bonchev–Trinajstić information content (AvgIpc) is 2.83. The molecule has 0 spiro atoms. The van der Waals surface area contributed by atoms with Gasteiger partial charge in [0.25, 0.3) is 0 Å². The Hall–Kier alpha value is 0.440. The number of rotatable bonds is 1. The Morgan fingerprint density at radius 2 is 1.93 bits per heavy atom. The summed E-state index contributed by atoms with van der Waals surface area (Å²) >= 11 is 3.86. The number of halogens is 1. The highest BCUT2D eigenvalue weighted by atomic mass is 79.9. The molecule has 4 atom stereocenters. The van der Waals surface area contributed by atoms with Gasteiger partial charge in [0.15, 0.2) is 0 Å². The topological polar surface area (TPSA) is 3.24 Å². The van der Waals surface area contributed by atoms with E-state index in [0.29, 0.717) is 10.4 Å². The zero-order valence-electron chi connectivity index (χ0n) is 9.88. The molecule has 1 nitrogen and oxygen atoms in total. The minimum atomic E-state index is 0.384. The SMILES string of the molecule is CC1(C)C(Br)CCN1C1CC2CCC1C2. The normalized spacial score (nSPS) is 49.0. The third-order valence-corrected chi connectivity index (χ3v) is 6.81. The largest absolute Gasteiger partial charge is 0.294 e. The van der Waals surface area contributed by atoms with Crippen LogP contribution in [0, 0.1) is 11.8 Å². The first kappa shape index (κ1) is 10.6. The van der Waals surface area contributed by atoms with E-state index in [1.165, 1.54) is 38.6 Å². The van der Waals surface area contributed by atoms with Crippen molar-refractivity contribution in [3.8, 4) is 0 Å². The Kier molecular flexibility index (Phi) is 2.44. The average molecular weight is 272 g/mol. The van der Waals surface area contributed by atoms with Crippen molar-refractivity contribution in [3.05, 3.63) is 0 Å². The maximum Gasteiger partial charge on any atom is 0.0337 e. The highest BCUT2D eigenvalue weighted by molar-refractivity contribution is 9.09. The summed E-state index contributed by atoms with van der Waals surface area (Å²) in [5.74, 6) is 2.11. The van der Waals surface area contributed by atoms with Gasteiger partial charge < -0.3 is 0 Å². The van der Waals surface area contributed by atoms with Crippen molar-refractivity contribution < 1.29 is 0 Å². The van der Waals surface area contributed by atoms with E-state index in [4.69, 9.17) is 0 Å². The quantitative estimate of drug-likeness (QED) is 0.661. The molecule has 4 unspecified atom stereocenters. The number of hydrogen-bond acceptors (Lipinski definition) is 1. The van der Waals surface area contributed by atoms with Gasteiger partial charge >= 0.3 is 0 Å². The molecule has 1 heterocycles. The molecule has 86 valence electrons. The molecule has 2 saturated carbocycles. The molecule has 0 aromatic carbocycles. The van der Waals surface area contributed by atoms with Gasteiger partial charge in [-0.05, 0) is 51.4 Å². The van der Waals surface area contributed by atoms with Crippen molar-refractivity contribution >= 4 is 15.9 Å². The molecule has 3 rings (SSSR count). The van der Waals surface area contributed by atoms with Gasteiger partial charge in [-0.15, -0.1) is 0 Å². The van der Waals surface area contributed by atoms with Gasteiger partial charge in [-0.2, -0.15) is 0 Å². The maximum atomic E-state index is 3.86. The molecule has 0 aromatic heterocycles. The van der Waals surface area contributed by atoms with E-state index < -0.39 is 0 Å². The van der Waals surface area contributed by atoms with Crippen LogP contribution in [0.15, 0.2) is 0 Å². The lowest BCUT2D eigenvalue weighted by atomic mass is 9.91. The van der Waals surface area contributed by atoms with Crippen LogP contribution < -0.4 is 0 Å². The van der Waals surface area contributed by atoms with Crippen LogP contribution in [0.4, 0.5) is 0 Å². The van der Waals surface area contributed by atoms with E-state index in [9.17, 15) is 0 Å². The van der Waals surface area contributed by atoms with Crippen molar-refractivity contribution in [3.63, 3.8) is 0 Å². The van der Waals surface area contributed by atoms with Crippen LogP contribution >= 0.6 is 15.9 Å². The van der Waals surface area contributed by atoms with Gasteiger partial charge in [0.05, 0.1) is 0 Å². The van der Waals surface area contributed by atoms with Crippen molar-refractivity contribution in [2.45, 2.75) is 62.4 Å². The summed E-state index contributed by atoms with van der Waals surface area (Å²) in [4.78, 5) is 3.51. The van der Waals surface area contributed by atoms with Gasteiger partial charge in [-0.25, -0.2) is 0 Å². The van der Waals surface area contributed by atoms with Crippen molar-refractivity contribution in [1.29, 1.82) is 0 Å². The third-order valence-electron chi connectivity index (χ3n) is 5.23. The lowest BCUT2D eigenvalue weighted by Gasteiger charge is -2.42. The second-order valence-corrected chi connectivity index (χ2v) is 7.45. The van der Waals surface area contributed by atoms with E-state index in [0.717, 1.165) is 17.9 Å². The molecular formula is C13H22BrN. The molecule has 1 saturated heterocycles. The smallest absolute Gasteiger partial charge is 0.0337 e. The molecule has 1 aliphatic heterocycles. The summed E-state index contributed by atoms with van der Waals surface area (Å²) in [6.45, 7) is 6.16. The lowest BCUT2D eigenvalue weighted by molar-refractivity contribution is 0.0818. The lowest BCUT2D eigenvalue weighted by Crippen LogP contribution is -2.50. The van der Waals surface area contributed by atoms with Gasteiger partial charge in [-0.3, -0.25) is 4.90 Å². The summed E-state index contributed by atoms with van der Waals surface area (Å²) in [7, 11) is 0. The summed E-state index contributed by atoms with van der Waals surface area (Å²) in [6.07, 6.45) is 7.39. The molecule has 2 bridgehead atoms. The monoisotopic (exact) mass is 271 g/mol. The molecule has 0 aromatic rings. The Balaban J connectivity index is 1.78. The van der Waals surface area contributed by atoms with E-state index in [1.807, 2.05) is 0 Å². The summed E-state index contributed by atoms with van der Waals surface area (Å²) in [6, 6.07) is 0.918. The molecule has 2 heteroatoms. The minimum absolute atomic E-state index is 0.384. The molecular weight excluding hydrogens is 250 g/mol. The molecule has 3 aliphatic rings. The van der Waals surface area contributed by atoms with Crippen molar-refractivity contribution in [2.75, 3.05) is 6.54 Å². The zero-order chi connectivity index (χ0) is 10.6. The fourth-order valence-electron chi connectivity index (χ4n) is 4.26. The van der Waals surface area contributed by atoms with Crippen LogP contribution in [0.2, 0.25) is 0 Å². The van der Waals surface area contributed by atoms with E-state index >= 15 is 0 Å². The van der Waals surface area contributed by atoms with E-state index in [2.05, 4.69) is 34.7 Å². The van der Waals surface area contributed by atoms with Crippen LogP contribution in [-0.4, -0.2) is 27.9 Å². The summed E-state index contributed by atoms with van der Waals surface area (Å²) in [5, 5.41) is 0. The first-order chi connectivity index (χ1) is 7.09. The third kappa shape index (κ3) is 1.51. The fraction of sp³-hybridized carbons (Fsp3) is 1.00. The minimum Gasteiger partial charge on any atom is -0.294 e. The standard InChI is InChI=1S/C13H22BrN/c1-13(2)12(14)5-6-15(13)11-8-9-3-4-10(11)7-9/h9-12H,3-8H2,1-2H3. The number of fused-ring (bicyclic) bond motifs is 2. The number of nitrogens with zero attached hydrogens (tertiary/aromatic N) is 1. The summed E-state index contributed by atoms with van der Waals surface area (Å²) in [5.41, 5.74) is 0.384. The first-order valence-corrected chi connectivity index (χ1v) is 7.41. The fourth-order valence-corrected chi connectivity index (χ4v) is 4.73. The summed E-state index contributed by atoms with van der Waals surface area (Å²) < 4.78 is 0. The van der Waals surface area contributed by atoms with Crippen LogP contribution in [0.1, 0.15) is 46.0 Å². The van der Waals surface area contributed by atoms with Gasteiger partial charge in [0.2, 0.25) is 0 Å². The molecule has 2 aliphatic carbocycles. The van der Waals surface area contributed by atoms with Crippen molar-refractivity contribution in [1.82, 2.24) is 4.90 Å². The number of alkyl halides is 1. The van der Waals surface area contributed by atoms with E-state index in [-0.39, 0.29) is 0 Å². The van der Waals surface area contributed by atoms with Crippen LogP contribution in [0.25, 0.3) is 0 Å². The van der Waals surface area contributed by atoms with Crippen LogP contribution in [0.3, 0.4) is 0 Å². The van der Waals surface area contributed by atoms with Gasteiger partial charge in [0.1, 0.15) is 0 Å². The second kappa shape index (κ2) is 3.46. The van der Waals surface area contributed by atoms with Gasteiger partial charge in [-0.1, -0.05) is 22.4 Å². The molecule has 0 amide bonds. The van der Waals surface area contributed by atoms with Crippen molar-refractivity contribution in [2.24, 2.45) is 11.8 Å². The predicted octanol–water partition coefficient (Wildman–Crippen LogP) is 3.42. The zero-order valence-corrected chi connectivity index (χ0v) is 11.5. The Bertz CT molecular complexity index is 263. The van der Waals surface area contributed by atoms with Crippen LogP contribution in [0.5, 0.6) is 0 Å². The Morgan fingerprint density at radius 1 is 1.13 bits per heavy atom. The number of likely N-dealkylation sites (tertiary alicyclic amines) is 1. The maximum absolute atomic E-state index is 3.86. The first-order valence-electron chi connectivity index (χ1n) is 6.50. The Labute approximate surface area is 102 Å². The highest BCUT2D eigenvalue weighted by Gasteiger charge is 2.49.